The van der Waals surface area contributed by atoms with E-state index in [0.717, 1.165) is 21.9 Å². The molecule has 1 unspecified atom stereocenters. The van der Waals surface area contributed by atoms with Gasteiger partial charge in [-0.3, -0.25) is 0 Å². The molecule has 3 nitrogen and oxygen atoms in total. The Hall–Kier alpha value is -1.60. The Bertz CT molecular complexity index is 765. The summed E-state index contributed by atoms with van der Waals surface area (Å²) in [6.45, 7) is 8.39. The first-order valence-corrected chi connectivity index (χ1v) is 9.09. The zero-order valence-electron chi connectivity index (χ0n) is 13.0. The molecule has 1 aliphatic rings. The van der Waals surface area contributed by atoms with Crippen molar-refractivity contribution in [2.75, 3.05) is 5.84 Å². The van der Waals surface area contributed by atoms with Crippen LogP contribution in [0.15, 0.2) is 42.6 Å². The summed E-state index contributed by atoms with van der Waals surface area (Å²) >= 11 is 0. The highest BCUT2D eigenvalue weighted by Crippen LogP contribution is 2.54. The maximum Gasteiger partial charge on any atom is 0.276 e. The highest BCUT2D eigenvalue weighted by Gasteiger charge is 2.51. The van der Waals surface area contributed by atoms with Gasteiger partial charge >= 0.3 is 0 Å². The van der Waals surface area contributed by atoms with Crippen LogP contribution in [0, 0.1) is 0 Å². The van der Waals surface area contributed by atoms with E-state index in [1.807, 2.05) is 38.1 Å². The fourth-order valence-electron chi connectivity index (χ4n) is 3.43. The van der Waals surface area contributed by atoms with Crippen molar-refractivity contribution >= 4 is 17.9 Å². The lowest BCUT2D eigenvalue weighted by molar-refractivity contribution is -0.620. The molecule has 0 radical (unpaired) electrons. The number of nitrogen functional groups attached to an aromatic ring is 1. The number of nitrogens with zero attached hydrogens (tertiary/aromatic N) is 1. The molecule has 1 aromatic heterocycles. The lowest BCUT2D eigenvalue weighted by Gasteiger charge is -2.37. The van der Waals surface area contributed by atoms with Gasteiger partial charge in [0.15, 0.2) is 6.20 Å². The van der Waals surface area contributed by atoms with E-state index < -0.39 is 7.14 Å². The molecule has 2 N–H and O–H groups in total. The van der Waals surface area contributed by atoms with Crippen LogP contribution in [-0.4, -0.2) is 5.66 Å². The predicted octanol–water partition coefficient (Wildman–Crippen LogP) is 2.05. The van der Waals surface area contributed by atoms with E-state index in [9.17, 15) is 4.57 Å². The van der Waals surface area contributed by atoms with Gasteiger partial charge in [-0.2, -0.15) is 0 Å². The second-order valence-corrected chi connectivity index (χ2v) is 9.80. The average Bonchev–Trinajstić information content (AvgIpc) is 2.45. The van der Waals surface area contributed by atoms with Crippen LogP contribution in [-0.2, 0) is 9.98 Å². The summed E-state index contributed by atoms with van der Waals surface area (Å²) in [4.78, 5) is 0. The van der Waals surface area contributed by atoms with Gasteiger partial charge in [0.25, 0.3) is 5.44 Å². The molecule has 0 saturated carbocycles. The molecule has 21 heavy (non-hydrogen) atoms. The SMILES string of the molecule is CC(C)P1(=O)c2ccccc2C(C)(C)c2ccc[n+](N)c21. The van der Waals surface area contributed by atoms with Crippen LogP contribution in [0.1, 0.15) is 38.8 Å². The fourth-order valence-corrected chi connectivity index (χ4v) is 6.84. The Morgan fingerprint density at radius 1 is 1.10 bits per heavy atom. The number of benzene rings is 1. The molecule has 1 aliphatic heterocycles. The third-order valence-electron chi connectivity index (χ3n) is 4.65. The maximum atomic E-state index is 14.0. The molecular weight excluding hydrogens is 279 g/mol. The normalized spacial score (nSPS) is 22.7. The highest BCUT2D eigenvalue weighted by atomic mass is 31.2. The molecule has 3 rings (SSSR count). The summed E-state index contributed by atoms with van der Waals surface area (Å²) in [5.41, 5.74) is 2.84. The standard InChI is InChI=1S/C17H22N2OP/c1-12(2)21(20)15-10-6-5-8-13(15)17(3,4)14-9-7-11-19(18)16(14)21/h5-12H,18H2,1-4H3/q+1. The summed E-state index contributed by atoms with van der Waals surface area (Å²) in [5.74, 6) is 6.18. The van der Waals surface area contributed by atoms with E-state index in [0.29, 0.717) is 0 Å². The molecule has 1 aromatic carbocycles. The molecule has 1 atom stereocenters. The Morgan fingerprint density at radius 2 is 1.71 bits per heavy atom. The van der Waals surface area contributed by atoms with Crippen LogP contribution in [0.2, 0.25) is 0 Å². The summed E-state index contributed by atoms with van der Waals surface area (Å²) < 4.78 is 15.5. The summed E-state index contributed by atoms with van der Waals surface area (Å²) in [6.07, 6.45) is 1.79. The highest BCUT2D eigenvalue weighted by molar-refractivity contribution is 7.79. The zero-order valence-corrected chi connectivity index (χ0v) is 13.9. The van der Waals surface area contributed by atoms with Crippen LogP contribution in [0.25, 0.3) is 0 Å². The first-order chi connectivity index (χ1) is 9.81. The Morgan fingerprint density at radius 3 is 2.38 bits per heavy atom. The van der Waals surface area contributed by atoms with Gasteiger partial charge < -0.3 is 4.57 Å². The smallest absolute Gasteiger partial charge is 0.276 e. The molecule has 2 aromatic rings. The van der Waals surface area contributed by atoms with Crippen molar-refractivity contribution in [2.24, 2.45) is 0 Å². The van der Waals surface area contributed by atoms with Gasteiger partial charge in [-0.1, -0.05) is 56.6 Å². The van der Waals surface area contributed by atoms with Crippen LogP contribution < -0.4 is 21.3 Å². The summed E-state index contributed by atoms with van der Waals surface area (Å²) in [6, 6.07) is 12.1. The van der Waals surface area contributed by atoms with Crippen LogP contribution in [0.5, 0.6) is 0 Å². The minimum atomic E-state index is -2.74. The van der Waals surface area contributed by atoms with Crippen molar-refractivity contribution in [1.82, 2.24) is 0 Å². The zero-order chi connectivity index (χ0) is 15.4. The van der Waals surface area contributed by atoms with Gasteiger partial charge in [-0.05, 0) is 11.6 Å². The average molecular weight is 301 g/mol. The van der Waals surface area contributed by atoms with Crippen LogP contribution in [0.3, 0.4) is 0 Å². The number of rotatable bonds is 1. The Kier molecular flexibility index (Phi) is 3.04. The van der Waals surface area contributed by atoms with Crippen molar-refractivity contribution in [3.63, 3.8) is 0 Å². The number of hydrogen-bond donors (Lipinski definition) is 1. The number of hydrogen-bond acceptors (Lipinski definition) is 2. The number of nitrogens with two attached hydrogens (primary N) is 1. The van der Waals surface area contributed by atoms with E-state index in [-0.39, 0.29) is 11.1 Å². The van der Waals surface area contributed by atoms with Gasteiger partial charge in [0.05, 0.1) is 0 Å². The second kappa shape index (κ2) is 4.45. The molecule has 110 valence electrons. The Balaban J connectivity index is 2.51. The molecule has 4 heteroatoms. The minimum Gasteiger partial charge on any atom is -0.307 e. The Labute approximate surface area is 126 Å². The third kappa shape index (κ3) is 1.74. The van der Waals surface area contributed by atoms with E-state index in [1.54, 1.807) is 10.9 Å². The van der Waals surface area contributed by atoms with Crippen molar-refractivity contribution in [3.8, 4) is 0 Å². The van der Waals surface area contributed by atoms with Crippen molar-refractivity contribution < 1.29 is 9.24 Å². The summed E-state index contributed by atoms with van der Waals surface area (Å²) in [7, 11) is -2.74. The molecule has 0 bridgehead atoms. The molecule has 0 saturated heterocycles. The topological polar surface area (TPSA) is 47.0 Å². The minimum absolute atomic E-state index is 0.0192. The van der Waals surface area contributed by atoms with E-state index in [1.165, 1.54) is 0 Å². The summed E-state index contributed by atoms with van der Waals surface area (Å²) in [5, 5.41) is 0.961. The van der Waals surface area contributed by atoms with Gasteiger partial charge in [-0.25, -0.2) is 5.84 Å². The molecular formula is C17H22N2OP+. The monoisotopic (exact) mass is 301 g/mol. The number of pyridine rings is 1. The third-order valence-corrected chi connectivity index (χ3v) is 8.31. The molecule has 2 heterocycles. The van der Waals surface area contributed by atoms with Gasteiger partial charge in [0, 0.05) is 28.0 Å². The van der Waals surface area contributed by atoms with Gasteiger partial charge in [0.1, 0.15) is 0 Å². The number of fused-ring (bicyclic) bond motifs is 2. The van der Waals surface area contributed by atoms with Crippen LogP contribution >= 0.6 is 7.14 Å². The lowest BCUT2D eigenvalue weighted by Crippen LogP contribution is -2.62. The molecule has 0 fully saturated rings. The number of aromatic nitrogens is 1. The maximum absolute atomic E-state index is 14.0. The van der Waals surface area contributed by atoms with Crippen molar-refractivity contribution in [1.29, 1.82) is 0 Å². The quantitative estimate of drug-likeness (QED) is 0.498. The van der Waals surface area contributed by atoms with Crippen molar-refractivity contribution in [2.45, 2.75) is 38.8 Å². The van der Waals surface area contributed by atoms with E-state index >= 15 is 0 Å². The first-order valence-electron chi connectivity index (χ1n) is 7.32. The van der Waals surface area contributed by atoms with Crippen molar-refractivity contribution in [3.05, 3.63) is 53.7 Å². The van der Waals surface area contributed by atoms with E-state index in [4.69, 9.17) is 5.84 Å². The van der Waals surface area contributed by atoms with E-state index in [2.05, 4.69) is 26.0 Å². The molecule has 0 amide bonds. The molecule has 0 aliphatic carbocycles. The molecule has 0 spiro atoms. The van der Waals surface area contributed by atoms with Gasteiger partial charge in [-0.15, -0.1) is 0 Å². The lowest BCUT2D eigenvalue weighted by atomic mass is 9.78. The van der Waals surface area contributed by atoms with Gasteiger partial charge in [0.2, 0.25) is 7.14 Å². The predicted molar refractivity (Wildman–Crippen MR) is 87.4 cm³/mol. The largest absolute Gasteiger partial charge is 0.307 e. The second-order valence-electron chi connectivity index (χ2n) is 6.55. The first kappa shape index (κ1) is 14.3. The fraction of sp³-hybridized carbons (Fsp3) is 0.353. The van der Waals surface area contributed by atoms with Crippen LogP contribution in [0.4, 0.5) is 0 Å².